The first-order valence-corrected chi connectivity index (χ1v) is 8.45. The summed E-state index contributed by atoms with van der Waals surface area (Å²) in [7, 11) is 0. The molecule has 0 saturated carbocycles. The van der Waals surface area contributed by atoms with Crippen LogP contribution in [0.3, 0.4) is 0 Å². The van der Waals surface area contributed by atoms with Crippen LogP contribution in [0.1, 0.15) is 42.8 Å². The van der Waals surface area contributed by atoms with E-state index in [2.05, 4.69) is 20.7 Å². The van der Waals surface area contributed by atoms with Gasteiger partial charge in [0.25, 0.3) is 0 Å². The first-order chi connectivity index (χ1) is 11.5. The first-order valence-electron chi connectivity index (χ1n) is 8.45. The third-order valence-corrected chi connectivity index (χ3v) is 4.28. The van der Waals surface area contributed by atoms with Gasteiger partial charge in [-0.3, -0.25) is 4.79 Å². The minimum atomic E-state index is -0.0393. The highest BCUT2D eigenvalue weighted by Crippen LogP contribution is 2.24. The molecule has 0 unspecified atom stereocenters. The molecule has 0 saturated heterocycles. The predicted molar refractivity (Wildman–Crippen MR) is 90.7 cm³/mol. The molecule has 1 aromatic carbocycles. The zero-order valence-corrected chi connectivity index (χ0v) is 14.4. The fraction of sp³-hybridized carbons (Fsp3) is 0.500. The lowest BCUT2D eigenvalue weighted by atomic mass is 9.89. The summed E-state index contributed by atoms with van der Waals surface area (Å²) in [6, 6.07) is 6.07. The number of amides is 1. The Kier molecular flexibility index (Phi) is 4.83. The lowest BCUT2D eigenvalue weighted by Crippen LogP contribution is -2.34. The highest BCUT2D eigenvalue weighted by molar-refractivity contribution is 5.79. The summed E-state index contributed by atoms with van der Waals surface area (Å²) in [6.45, 7) is 6.51. The minimum Gasteiger partial charge on any atom is -0.491 e. The van der Waals surface area contributed by atoms with Crippen LogP contribution in [-0.2, 0) is 24.2 Å². The quantitative estimate of drug-likeness (QED) is 0.883. The molecule has 1 aromatic heterocycles. The number of hydrogen-bond acceptors (Lipinski definition) is 4. The molecule has 2 aromatic rings. The molecule has 128 valence electrons. The summed E-state index contributed by atoms with van der Waals surface area (Å²) >= 11 is 0. The second-order valence-corrected chi connectivity index (χ2v) is 6.65. The Bertz CT molecular complexity index is 724. The van der Waals surface area contributed by atoms with Gasteiger partial charge in [-0.15, -0.1) is 0 Å². The minimum absolute atomic E-state index is 0.0393. The smallest absolute Gasteiger partial charge is 0.223 e. The number of aromatic amines is 1. The van der Waals surface area contributed by atoms with Crippen molar-refractivity contribution in [2.75, 3.05) is 0 Å². The fourth-order valence-corrected chi connectivity index (χ4v) is 3.01. The Labute approximate surface area is 142 Å². The summed E-state index contributed by atoms with van der Waals surface area (Å²) < 4.78 is 5.87. The number of benzene rings is 1. The molecule has 24 heavy (non-hydrogen) atoms. The number of hydrogen-bond donors (Lipinski definition) is 2. The van der Waals surface area contributed by atoms with Crippen molar-refractivity contribution in [3.05, 3.63) is 40.7 Å². The van der Waals surface area contributed by atoms with E-state index in [0.717, 1.165) is 41.1 Å². The second-order valence-electron chi connectivity index (χ2n) is 6.65. The van der Waals surface area contributed by atoms with Crippen LogP contribution in [0.5, 0.6) is 5.75 Å². The fourth-order valence-electron chi connectivity index (χ4n) is 3.01. The number of nitrogens with one attached hydrogen (secondary N) is 2. The highest BCUT2D eigenvalue weighted by atomic mass is 16.5. The number of nitrogens with zero attached hydrogens (tertiary/aromatic N) is 2. The first kappa shape index (κ1) is 16.5. The number of carbonyl (C=O) groups excluding carboxylic acids is 1. The van der Waals surface area contributed by atoms with E-state index < -0.39 is 0 Å². The van der Waals surface area contributed by atoms with Crippen LogP contribution in [-0.4, -0.2) is 27.4 Å². The molecule has 6 nitrogen and oxygen atoms in total. The van der Waals surface area contributed by atoms with Gasteiger partial charge in [-0.05, 0) is 45.2 Å². The largest absolute Gasteiger partial charge is 0.491 e. The Morgan fingerprint density at radius 1 is 1.38 bits per heavy atom. The number of rotatable bonds is 5. The van der Waals surface area contributed by atoms with E-state index in [-0.39, 0.29) is 17.9 Å². The van der Waals surface area contributed by atoms with Crippen molar-refractivity contribution in [2.24, 2.45) is 5.92 Å². The number of aryl methyl sites for hydroxylation is 2. The van der Waals surface area contributed by atoms with Crippen molar-refractivity contribution >= 4 is 5.91 Å². The van der Waals surface area contributed by atoms with Crippen LogP contribution >= 0.6 is 0 Å². The molecule has 6 heteroatoms. The average Bonchev–Trinajstić information content (AvgIpc) is 3.00. The van der Waals surface area contributed by atoms with Gasteiger partial charge in [0.2, 0.25) is 5.91 Å². The van der Waals surface area contributed by atoms with Crippen molar-refractivity contribution < 1.29 is 9.53 Å². The Hall–Kier alpha value is -2.37. The van der Waals surface area contributed by atoms with E-state index >= 15 is 0 Å². The van der Waals surface area contributed by atoms with Gasteiger partial charge in [0, 0.05) is 24.4 Å². The van der Waals surface area contributed by atoms with Crippen LogP contribution < -0.4 is 10.1 Å². The van der Waals surface area contributed by atoms with Gasteiger partial charge in [-0.25, -0.2) is 0 Å². The lowest BCUT2D eigenvalue weighted by Gasteiger charge is -2.20. The molecular weight excluding hydrogens is 304 g/mol. The molecule has 0 aliphatic heterocycles. The summed E-state index contributed by atoms with van der Waals surface area (Å²) in [5.41, 5.74) is 4.05. The third-order valence-electron chi connectivity index (χ3n) is 4.28. The molecule has 1 amide bonds. The maximum Gasteiger partial charge on any atom is 0.223 e. The van der Waals surface area contributed by atoms with E-state index in [1.54, 1.807) is 0 Å². The van der Waals surface area contributed by atoms with E-state index in [0.29, 0.717) is 13.0 Å². The van der Waals surface area contributed by atoms with Crippen LogP contribution in [0.25, 0.3) is 0 Å². The van der Waals surface area contributed by atoms with E-state index in [9.17, 15) is 4.79 Å². The number of ether oxygens (including phenoxy) is 1. The number of aromatic nitrogens is 3. The molecule has 0 radical (unpaired) electrons. The van der Waals surface area contributed by atoms with Crippen molar-refractivity contribution in [1.82, 2.24) is 20.7 Å². The van der Waals surface area contributed by atoms with E-state index in [4.69, 9.17) is 4.74 Å². The van der Waals surface area contributed by atoms with Gasteiger partial charge in [0.1, 0.15) is 5.75 Å². The average molecular weight is 328 g/mol. The molecule has 0 bridgehead atoms. The van der Waals surface area contributed by atoms with Gasteiger partial charge in [0.05, 0.1) is 17.5 Å². The summed E-state index contributed by atoms with van der Waals surface area (Å²) in [5.74, 6) is 0.870. The van der Waals surface area contributed by atoms with Crippen LogP contribution in [0.15, 0.2) is 18.2 Å². The second kappa shape index (κ2) is 7.03. The van der Waals surface area contributed by atoms with Crippen molar-refractivity contribution in [3.63, 3.8) is 0 Å². The van der Waals surface area contributed by atoms with Crippen molar-refractivity contribution in [2.45, 2.75) is 52.7 Å². The molecule has 2 N–H and O–H groups in total. The maximum absolute atomic E-state index is 12.5. The van der Waals surface area contributed by atoms with Gasteiger partial charge in [-0.1, -0.05) is 12.1 Å². The topological polar surface area (TPSA) is 79.9 Å². The molecule has 1 aliphatic rings. The highest BCUT2D eigenvalue weighted by Gasteiger charge is 2.27. The Balaban J connectivity index is 1.62. The third kappa shape index (κ3) is 3.75. The van der Waals surface area contributed by atoms with Crippen LogP contribution in [0, 0.1) is 12.8 Å². The Morgan fingerprint density at radius 2 is 2.17 bits per heavy atom. The van der Waals surface area contributed by atoms with Gasteiger partial charge >= 0.3 is 0 Å². The summed E-state index contributed by atoms with van der Waals surface area (Å²) in [6.07, 6.45) is 2.37. The zero-order valence-electron chi connectivity index (χ0n) is 14.4. The zero-order chi connectivity index (χ0) is 17.1. The Morgan fingerprint density at radius 3 is 2.96 bits per heavy atom. The van der Waals surface area contributed by atoms with Crippen LogP contribution in [0.4, 0.5) is 0 Å². The molecule has 3 rings (SSSR count). The number of H-pyrrole nitrogens is 1. The normalized spacial score (nSPS) is 16.8. The number of carbonyl (C=O) groups is 1. The SMILES string of the molecule is Cc1ccc(CNC(=O)[C@H]2CCc3n[nH]nc3C2)c(OC(C)C)c1. The van der Waals surface area contributed by atoms with Crippen molar-refractivity contribution in [3.8, 4) is 5.75 Å². The molecular formula is C18H24N4O2. The molecule has 0 fully saturated rings. The van der Waals surface area contributed by atoms with Crippen molar-refractivity contribution in [1.29, 1.82) is 0 Å². The van der Waals surface area contributed by atoms with Gasteiger partial charge in [-0.2, -0.15) is 15.4 Å². The molecule has 1 heterocycles. The lowest BCUT2D eigenvalue weighted by molar-refractivity contribution is -0.125. The standard InChI is InChI=1S/C18H24N4O2/c1-11(2)24-17-8-12(3)4-5-14(17)10-19-18(23)13-6-7-15-16(9-13)21-22-20-15/h4-5,8,11,13H,6-7,9-10H2,1-3H3,(H,19,23)(H,20,21,22)/t13-/m0/s1. The molecule has 1 aliphatic carbocycles. The summed E-state index contributed by atoms with van der Waals surface area (Å²) in [4.78, 5) is 12.5. The monoisotopic (exact) mass is 328 g/mol. The molecule has 0 spiro atoms. The molecule has 1 atom stereocenters. The summed E-state index contributed by atoms with van der Waals surface area (Å²) in [5, 5.41) is 13.9. The van der Waals surface area contributed by atoms with Crippen LogP contribution in [0.2, 0.25) is 0 Å². The van der Waals surface area contributed by atoms with Gasteiger partial charge < -0.3 is 10.1 Å². The van der Waals surface area contributed by atoms with E-state index in [1.807, 2.05) is 39.0 Å². The van der Waals surface area contributed by atoms with Gasteiger partial charge in [0.15, 0.2) is 0 Å². The van der Waals surface area contributed by atoms with E-state index in [1.165, 1.54) is 0 Å². The predicted octanol–water partition coefficient (Wildman–Crippen LogP) is 2.32. The number of fused-ring (bicyclic) bond motifs is 1. The maximum atomic E-state index is 12.5.